The Bertz CT molecular complexity index is 1710. The Morgan fingerprint density at radius 3 is 2.36 bits per heavy atom. The van der Waals surface area contributed by atoms with Gasteiger partial charge in [-0.2, -0.15) is 17.5 Å². The number of aliphatic imine (C=N–C) groups is 1. The fourth-order valence-electron chi connectivity index (χ4n) is 5.67. The minimum absolute atomic E-state index is 0.0194. The van der Waals surface area contributed by atoms with Crippen LogP contribution >= 0.6 is 0 Å². The van der Waals surface area contributed by atoms with Crippen LogP contribution in [0.15, 0.2) is 57.8 Å². The third-order valence-electron chi connectivity index (χ3n) is 8.34. The highest BCUT2D eigenvalue weighted by Crippen LogP contribution is 2.34. The average Bonchev–Trinajstić information content (AvgIpc) is 3.28. The molecule has 1 spiro atoms. The summed E-state index contributed by atoms with van der Waals surface area (Å²) in [5.41, 5.74) is -0.975. The molecule has 2 fully saturated rings. The third-order valence-corrected chi connectivity index (χ3v) is 11.4. The number of aliphatic hydroxyl groups is 1. The van der Waals surface area contributed by atoms with Gasteiger partial charge in [0.1, 0.15) is 11.4 Å². The zero-order valence-corrected chi connectivity index (χ0v) is 25.5. The van der Waals surface area contributed by atoms with Crippen molar-refractivity contribution in [3.05, 3.63) is 70.1 Å². The Morgan fingerprint density at radius 2 is 1.73 bits per heavy atom. The van der Waals surface area contributed by atoms with Crippen LogP contribution < -0.4 is 10.0 Å². The van der Waals surface area contributed by atoms with E-state index in [2.05, 4.69) is 15.0 Å². The summed E-state index contributed by atoms with van der Waals surface area (Å²) in [6.07, 6.45) is -1.33. The Balaban J connectivity index is 1.24. The van der Waals surface area contributed by atoms with E-state index in [1.165, 1.54) is 40.7 Å². The minimum atomic E-state index is -4.56. The number of piperidine rings is 1. The monoisotopic (exact) mass is 654 g/mol. The number of aryl methyl sites for hydroxylation is 1. The van der Waals surface area contributed by atoms with Crippen molar-refractivity contribution in [3.63, 3.8) is 0 Å². The number of alkyl halides is 3. The highest BCUT2D eigenvalue weighted by molar-refractivity contribution is 7.92. The van der Waals surface area contributed by atoms with E-state index in [0.29, 0.717) is 36.8 Å². The highest BCUT2D eigenvalue weighted by atomic mass is 32.2. The lowest BCUT2D eigenvalue weighted by Crippen LogP contribution is -2.50. The molecule has 15 heteroatoms. The second-order valence-electron chi connectivity index (χ2n) is 11.4. The fourth-order valence-corrected chi connectivity index (χ4v) is 8.25. The molecule has 1 amide bonds. The largest absolute Gasteiger partial charge is 0.416 e. The number of carbonyl (C=O) groups excluding carboxylic acids is 1. The van der Waals surface area contributed by atoms with Gasteiger partial charge >= 0.3 is 6.18 Å². The van der Waals surface area contributed by atoms with Gasteiger partial charge in [-0.05, 0) is 86.9 Å². The summed E-state index contributed by atoms with van der Waals surface area (Å²) < 4.78 is 95.3. The topological polar surface area (TPSA) is 145 Å². The number of amides is 1. The number of halogens is 3. The van der Waals surface area contributed by atoms with Crippen molar-refractivity contribution in [1.82, 2.24) is 14.3 Å². The van der Waals surface area contributed by atoms with Gasteiger partial charge in [-0.1, -0.05) is 18.2 Å². The molecular formula is C29H33F3N4O6S2. The van der Waals surface area contributed by atoms with Gasteiger partial charge in [0.2, 0.25) is 20.0 Å². The molecule has 238 valence electrons. The number of benzene rings is 2. The number of nitrogens with one attached hydrogen (secondary N) is 2. The van der Waals surface area contributed by atoms with Crippen LogP contribution in [0, 0.1) is 6.92 Å². The predicted molar refractivity (Wildman–Crippen MR) is 157 cm³/mol. The number of hydrogen-bond donors (Lipinski definition) is 3. The van der Waals surface area contributed by atoms with Crippen molar-refractivity contribution in [2.45, 2.75) is 74.2 Å². The van der Waals surface area contributed by atoms with E-state index in [1.807, 2.05) is 0 Å². The van der Waals surface area contributed by atoms with E-state index in [1.54, 1.807) is 6.92 Å². The van der Waals surface area contributed by atoms with Crippen molar-refractivity contribution in [2.75, 3.05) is 13.1 Å². The first-order valence-electron chi connectivity index (χ1n) is 14.2. The van der Waals surface area contributed by atoms with Crippen molar-refractivity contribution in [3.8, 4) is 0 Å². The maximum absolute atomic E-state index is 13.2. The molecule has 0 unspecified atom stereocenters. The molecule has 0 radical (unpaired) electrons. The van der Waals surface area contributed by atoms with Crippen LogP contribution in [0.5, 0.6) is 0 Å². The first-order valence-corrected chi connectivity index (χ1v) is 17.1. The summed E-state index contributed by atoms with van der Waals surface area (Å²) in [5.74, 6) is -0.468. The average molecular weight is 655 g/mol. The van der Waals surface area contributed by atoms with E-state index in [4.69, 9.17) is 0 Å². The standard InChI is InChI=1S/C29H33F3N4O6S2/c1-19-17-25(44(41,42)35-23-6-8-24(37)9-7-23)10-5-20(19)11-16-43(39,40)36-14-12-28(13-15-36)27(38)33-26(34-28)21-3-2-4-22(18-21)29(30,31)32/h2-5,10-11,16-18,23-24,35,37H,6-9,12-15H2,1H3,(H,33,34,38)/b16-11+. The van der Waals surface area contributed by atoms with Crippen LogP contribution in [-0.2, 0) is 31.0 Å². The fraction of sp³-hybridized carbons (Fsp3) is 0.448. The van der Waals surface area contributed by atoms with Gasteiger partial charge in [-0.25, -0.2) is 21.6 Å². The van der Waals surface area contributed by atoms with Crippen LogP contribution in [-0.4, -0.2) is 68.8 Å². The quantitative estimate of drug-likeness (QED) is 0.418. The molecule has 1 saturated heterocycles. The molecular weight excluding hydrogens is 621 g/mol. The molecule has 5 rings (SSSR count). The zero-order chi connectivity index (χ0) is 31.9. The van der Waals surface area contributed by atoms with Gasteiger partial charge in [-0.3, -0.25) is 9.79 Å². The molecule has 0 atom stereocenters. The lowest BCUT2D eigenvalue weighted by molar-refractivity contribution is -0.137. The van der Waals surface area contributed by atoms with Crippen molar-refractivity contribution >= 4 is 37.9 Å². The molecule has 3 N–H and O–H groups in total. The number of hydrogen-bond acceptors (Lipinski definition) is 7. The summed E-state index contributed by atoms with van der Waals surface area (Å²) in [7, 11) is -7.71. The van der Waals surface area contributed by atoms with Gasteiger partial charge in [-0.15, -0.1) is 0 Å². The molecule has 10 nitrogen and oxygen atoms in total. The van der Waals surface area contributed by atoms with E-state index < -0.39 is 49.3 Å². The molecule has 2 aromatic carbocycles. The van der Waals surface area contributed by atoms with Crippen LogP contribution in [0.1, 0.15) is 60.8 Å². The van der Waals surface area contributed by atoms with Gasteiger partial charge in [0.05, 0.1) is 16.6 Å². The van der Waals surface area contributed by atoms with E-state index >= 15 is 0 Å². The third kappa shape index (κ3) is 6.91. The molecule has 0 bridgehead atoms. The van der Waals surface area contributed by atoms with Gasteiger partial charge in [0.15, 0.2) is 0 Å². The molecule has 1 aliphatic carbocycles. The number of nitrogens with zero attached hydrogens (tertiary/aromatic N) is 2. The lowest BCUT2D eigenvalue weighted by atomic mass is 9.89. The molecule has 0 aromatic heterocycles. The number of sulfonamides is 2. The molecule has 1 saturated carbocycles. The Labute approximate surface area is 254 Å². The first-order chi connectivity index (χ1) is 20.6. The number of carbonyl (C=O) groups is 1. The maximum atomic E-state index is 13.2. The second-order valence-corrected chi connectivity index (χ2v) is 14.9. The van der Waals surface area contributed by atoms with Gasteiger partial charge < -0.3 is 10.4 Å². The maximum Gasteiger partial charge on any atom is 0.416 e. The summed E-state index contributed by atoms with van der Waals surface area (Å²) in [5, 5.41) is 13.2. The molecule has 44 heavy (non-hydrogen) atoms. The second kappa shape index (κ2) is 12.0. The number of rotatable bonds is 7. The van der Waals surface area contributed by atoms with E-state index in [0.717, 1.165) is 17.5 Å². The normalized spacial score (nSPS) is 23.2. The van der Waals surface area contributed by atoms with E-state index in [9.17, 15) is 39.9 Å². The Morgan fingerprint density at radius 1 is 1.05 bits per heavy atom. The molecule has 2 heterocycles. The highest BCUT2D eigenvalue weighted by Gasteiger charge is 2.47. The molecule has 2 aromatic rings. The van der Waals surface area contributed by atoms with Crippen molar-refractivity contribution in [2.24, 2.45) is 4.99 Å². The molecule has 2 aliphatic heterocycles. The van der Waals surface area contributed by atoms with Crippen LogP contribution in [0.2, 0.25) is 0 Å². The van der Waals surface area contributed by atoms with Crippen molar-refractivity contribution < 1.29 is 39.9 Å². The first kappa shape index (κ1) is 32.3. The summed E-state index contributed by atoms with van der Waals surface area (Å²) in [4.78, 5) is 17.3. The Hall–Kier alpha value is -3.11. The van der Waals surface area contributed by atoms with Crippen LogP contribution in [0.25, 0.3) is 6.08 Å². The molecule has 3 aliphatic rings. The van der Waals surface area contributed by atoms with Gasteiger partial charge in [0, 0.05) is 30.1 Å². The minimum Gasteiger partial charge on any atom is -0.393 e. The van der Waals surface area contributed by atoms with Crippen LogP contribution in [0.4, 0.5) is 13.2 Å². The van der Waals surface area contributed by atoms with E-state index in [-0.39, 0.29) is 48.3 Å². The summed E-state index contributed by atoms with van der Waals surface area (Å²) in [6.45, 7) is 1.62. The van der Waals surface area contributed by atoms with Crippen molar-refractivity contribution in [1.29, 1.82) is 0 Å². The number of amidine groups is 1. The predicted octanol–water partition coefficient (Wildman–Crippen LogP) is 3.31. The lowest BCUT2D eigenvalue weighted by Gasteiger charge is -2.34. The van der Waals surface area contributed by atoms with Crippen LogP contribution in [0.3, 0.4) is 0 Å². The number of aliphatic hydroxyl groups excluding tert-OH is 1. The summed E-state index contributed by atoms with van der Waals surface area (Å²) >= 11 is 0. The van der Waals surface area contributed by atoms with Gasteiger partial charge in [0.25, 0.3) is 5.91 Å². The summed E-state index contributed by atoms with van der Waals surface area (Å²) in [6, 6.07) is 8.62. The zero-order valence-electron chi connectivity index (χ0n) is 23.8. The Kier molecular flexibility index (Phi) is 8.81. The SMILES string of the molecule is Cc1cc(S(=O)(=O)NC2CCC(O)CC2)ccc1/C=C/S(=O)(=O)N1CCC2(CC1)N=C(c1cccc(C(F)(F)F)c1)NC2=O. The smallest absolute Gasteiger partial charge is 0.393 e.